The van der Waals surface area contributed by atoms with Crippen molar-refractivity contribution in [1.82, 2.24) is 4.31 Å². The molecule has 8 nitrogen and oxygen atoms in total. The fourth-order valence-electron chi connectivity index (χ4n) is 4.04. The van der Waals surface area contributed by atoms with Gasteiger partial charge in [-0.25, -0.2) is 13.2 Å². The molecule has 1 N–H and O–H groups in total. The molecule has 2 aliphatic heterocycles. The van der Waals surface area contributed by atoms with Gasteiger partial charge in [0.25, 0.3) is 0 Å². The van der Waals surface area contributed by atoms with Gasteiger partial charge in [-0.15, -0.1) is 0 Å². The summed E-state index contributed by atoms with van der Waals surface area (Å²) in [4.78, 5) is 26.8. The van der Waals surface area contributed by atoms with E-state index in [1.54, 1.807) is 35.2 Å². The number of carboxylic acids is 1. The van der Waals surface area contributed by atoms with Crippen molar-refractivity contribution in [2.24, 2.45) is 0 Å². The van der Waals surface area contributed by atoms with E-state index in [0.717, 1.165) is 16.9 Å². The molecule has 0 radical (unpaired) electrons. The largest absolute Gasteiger partial charge is 0.478 e. The zero-order chi connectivity index (χ0) is 21.5. The first-order valence-corrected chi connectivity index (χ1v) is 11.2. The molecule has 158 valence electrons. The Morgan fingerprint density at radius 1 is 0.967 bits per heavy atom. The molecule has 1 saturated heterocycles. The maximum absolute atomic E-state index is 13.1. The molecule has 2 heterocycles. The van der Waals surface area contributed by atoms with Gasteiger partial charge >= 0.3 is 5.97 Å². The van der Waals surface area contributed by atoms with Crippen molar-refractivity contribution in [2.45, 2.75) is 18.2 Å². The predicted molar refractivity (Wildman–Crippen MR) is 113 cm³/mol. The number of carboxylic acid groups (broad SMARTS) is 1. The van der Waals surface area contributed by atoms with Crippen molar-refractivity contribution in [2.75, 3.05) is 42.5 Å². The topological polar surface area (TPSA) is 98.2 Å². The molecule has 0 atom stereocenters. The Morgan fingerprint density at radius 2 is 1.70 bits per heavy atom. The van der Waals surface area contributed by atoms with E-state index in [2.05, 4.69) is 0 Å². The van der Waals surface area contributed by atoms with Crippen LogP contribution in [0.2, 0.25) is 0 Å². The van der Waals surface area contributed by atoms with Crippen molar-refractivity contribution in [3.05, 3.63) is 53.6 Å². The minimum absolute atomic E-state index is 0.0487. The number of sulfonamides is 1. The lowest BCUT2D eigenvalue weighted by atomic mass is 10.2. The number of amides is 1. The minimum Gasteiger partial charge on any atom is -0.478 e. The average molecular weight is 429 g/mol. The predicted octanol–water partition coefficient (Wildman–Crippen LogP) is 1.80. The lowest BCUT2D eigenvalue weighted by Crippen LogP contribution is -2.48. The van der Waals surface area contributed by atoms with E-state index >= 15 is 0 Å². The van der Waals surface area contributed by atoms with Crippen molar-refractivity contribution in [1.29, 1.82) is 0 Å². The summed E-state index contributed by atoms with van der Waals surface area (Å²) in [6.45, 7) is 3.66. The van der Waals surface area contributed by atoms with Gasteiger partial charge in [-0.1, -0.05) is 6.07 Å². The Morgan fingerprint density at radius 3 is 2.37 bits per heavy atom. The molecule has 0 bridgehead atoms. The van der Waals surface area contributed by atoms with E-state index in [0.29, 0.717) is 39.1 Å². The summed E-state index contributed by atoms with van der Waals surface area (Å²) in [5.41, 5.74) is 2.63. The number of carbonyl (C=O) groups is 2. The van der Waals surface area contributed by atoms with E-state index < -0.39 is 16.0 Å². The molecular weight excluding hydrogens is 406 g/mol. The second-order valence-corrected chi connectivity index (χ2v) is 9.40. The van der Waals surface area contributed by atoms with E-state index in [1.165, 1.54) is 17.3 Å². The maximum Gasteiger partial charge on any atom is 0.335 e. The van der Waals surface area contributed by atoms with Gasteiger partial charge in [-0.2, -0.15) is 4.31 Å². The zero-order valence-electron chi connectivity index (χ0n) is 16.6. The third-order valence-electron chi connectivity index (χ3n) is 5.66. The summed E-state index contributed by atoms with van der Waals surface area (Å²) in [5, 5.41) is 9.17. The van der Waals surface area contributed by atoms with E-state index in [9.17, 15) is 18.0 Å². The quantitative estimate of drug-likeness (QED) is 0.796. The Balaban J connectivity index is 1.49. The second-order valence-electron chi connectivity index (χ2n) is 7.46. The van der Waals surface area contributed by atoms with Crippen molar-refractivity contribution in [3.63, 3.8) is 0 Å². The van der Waals surface area contributed by atoms with Gasteiger partial charge in [-0.3, -0.25) is 4.79 Å². The number of carbonyl (C=O) groups excluding carboxylic acids is 1. The van der Waals surface area contributed by atoms with Crippen molar-refractivity contribution < 1.29 is 23.1 Å². The molecule has 2 aliphatic rings. The Kier molecular flexibility index (Phi) is 5.25. The van der Waals surface area contributed by atoms with Gasteiger partial charge in [0.05, 0.1) is 10.5 Å². The summed E-state index contributed by atoms with van der Waals surface area (Å²) in [7, 11) is -3.64. The molecule has 0 unspecified atom stereocenters. The third-order valence-corrected chi connectivity index (χ3v) is 7.56. The van der Waals surface area contributed by atoms with Crippen LogP contribution >= 0.6 is 0 Å². The first kappa shape index (κ1) is 20.4. The van der Waals surface area contributed by atoms with Gasteiger partial charge in [-0.05, 0) is 48.4 Å². The third kappa shape index (κ3) is 3.66. The van der Waals surface area contributed by atoms with Crippen molar-refractivity contribution in [3.8, 4) is 0 Å². The van der Waals surface area contributed by atoms with E-state index in [-0.39, 0.29) is 16.4 Å². The highest BCUT2D eigenvalue weighted by Gasteiger charge is 2.31. The van der Waals surface area contributed by atoms with Gasteiger partial charge in [0.1, 0.15) is 0 Å². The van der Waals surface area contributed by atoms with Crippen LogP contribution in [0.3, 0.4) is 0 Å². The number of hydrogen-bond acceptors (Lipinski definition) is 5. The highest BCUT2D eigenvalue weighted by atomic mass is 32.2. The number of piperazine rings is 1. The lowest BCUT2D eigenvalue weighted by Gasteiger charge is -2.35. The van der Waals surface area contributed by atoms with Crippen LogP contribution in [0.1, 0.15) is 22.8 Å². The lowest BCUT2D eigenvalue weighted by molar-refractivity contribution is -0.116. The van der Waals surface area contributed by atoms with Gasteiger partial charge < -0.3 is 14.9 Å². The first-order valence-electron chi connectivity index (χ1n) is 9.77. The Hall–Kier alpha value is -2.91. The molecule has 0 spiro atoms. The molecule has 2 aromatic carbocycles. The van der Waals surface area contributed by atoms with E-state index in [4.69, 9.17) is 5.11 Å². The number of hydrogen-bond donors (Lipinski definition) is 1. The number of nitrogens with zero attached hydrogens (tertiary/aromatic N) is 3. The summed E-state index contributed by atoms with van der Waals surface area (Å²) >= 11 is 0. The molecule has 1 fully saturated rings. The minimum atomic E-state index is -3.64. The van der Waals surface area contributed by atoms with Crippen LogP contribution in [0.5, 0.6) is 0 Å². The molecule has 0 aromatic heterocycles. The number of rotatable bonds is 4. The summed E-state index contributed by atoms with van der Waals surface area (Å²) in [5.74, 6) is -1.04. The average Bonchev–Trinajstić information content (AvgIpc) is 3.17. The Labute approximate surface area is 175 Å². The fourth-order valence-corrected chi connectivity index (χ4v) is 5.51. The van der Waals surface area contributed by atoms with Crippen LogP contribution in [-0.2, 0) is 21.2 Å². The number of aromatic carboxylic acids is 1. The smallest absolute Gasteiger partial charge is 0.335 e. The first-order chi connectivity index (χ1) is 14.3. The molecular formula is C21H23N3O5S. The van der Waals surface area contributed by atoms with Gasteiger partial charge in [0, 0.05) is 51.0 Å². The second kappa shape index (κ2) is 7.73. The van der Waals surface area contributed by atoms with Crippen LogP contribution in [-0.4, -0.2) is 62.4 Å². The highest BCUT2D eigenvalue weighted by Crippen LogP contribution is 2.31. The van der Waals surface area contributed by atoms with E-state index in [1.807, 2.05) is 11.0 Å². The number of anilines is 2. The normalized spacial score (nSPS) is 17.1. The van der Waals surface area contributed by atoms with Crippen LogP contribution in [0.4, 0.5) is 11.4 Å². The monoisotopic (exact) mass is 429 g/mol. The molecule has 2 aromatic rings. The number of fused-ring (bicyclic) bond motifs is 1. The number of benzene rings is 2. The van der Waals surface area contributed by atoms with Crippen LogP contribution < -0.4 is 9.80 Å². The fraction of sp³-hybridized carbons (Fsp3) is 0.333. The highest BCUT2D eigenvalue weighted by molar-refractivity contribution is 7.89. The standard InChI is InChI=1S/C21H23N3O5S/c1-15(25)24-8-7-16-14-19(5-6-20(16)24)30(28,29)23-11-9-22(10-12-23)18-4-2-3-17(13-18)21(26)27/h2-6,13-14H,7-12H2,1H3,(H,26,27). The zero-order valence-corrected chi connectivity index (χ0v) is 17.4. The van der Waals surface area contributed by atoms with Gasteiger partial charge in [0.15, 0.2) is 0 Å². The molecule has 30 heavy (non-hydrogen) atoms. The van der Waals surface area contributed by atoms with Crippen LogP contribution in [0.15, 0.2) is 47.4 Å². The molecule has 9 heteroatoms. The molecule has 0 saturated carbocycles. The summed E-state index contributed by atoms with van der Waals surface area (Å²) in [6, 6.07) is 11.6. The SMILES string of the molecule is CC(=O)N1CCc2cc(S(=O)(=O)N3CCN(c4cccc(C(=O)O)c4)CC3)ccc21. The summed E-state index contributed by atoms with van der Waals surface area (Å²) < 4.78 is 27.7. The van der Waals surface area contributed by atoms with Crippen molar-refractivity contribution >= 4 is 33.3 Å². The van der Waals surface area contributed by atoms with Crippen LogP contribution in [0, 0.1) is 0 Å². The van der Waals surface area contributed by atoms with Gasteiger partial charge in [0.2, 0.25) is 15.9 Å². The maximum atomic E-state index is 13.1. The Bertz CT molecular complexity index is 1110. The molecule has 0 aliphatic carbocycles. The molecule has 1 amide bonds. The van der Waals surface area contributed by atoms with Crippen LogP contribution in [0.25, 0.3) is 0 Å². The summed E-state index contributed by atoms with van der Waals surface area (Å²) in [6.07, 6.45) is 0.645. The molecule has 4 rings (SSSR count).